The van der Waals surface area contributed by atoms with E-state index in [4.69, 9.17) is 14.5 Å². The molecule has 7 nitrogen and oxygen atoms in total. The monoisotopic (exact) mass is 562 g/mol. The predicted octanol–water partition coefficient (Wildman–Crippen LogP) is 7.47. The lowest BCUT2D eigenvalue weighted by atomic mass is 10.1. The minimum atomic E-state index is -0.468. The molecule has 214 valence electrons. The summed E-state index contributed by atoms with van der Waals surface area (Å²) in [6.45, 7) is 10.2. The molecule has 0 radical (unpaired) electrons. The Hall–Kier alpha value is -3.26. The molecule has 1 aliphatic rings. The Kier molecular flexibility index (Phi) is 8.54. The van der Waals surface area contributed by atoms with Crippen molar-refractivity contribution in [3.63, 3.8) is 0 Å². The molecule has 1 amide bonds. The fourth-order valence-corrected chi connectivity index (χ4v) is 6.29. The summed E-state index contributed by atoms with van der Waals surface area (Å²) in [7, 11) is 2.14. The molecule has 5 rings (SSSR count). The van der Waals surface area contributed by atoms with Gasteiger partial charge in [0.25, 0.3) is 0 Å². The van der Waals surface area contributed by atoms with Gasteiger partial charge in [0.2, 0.25) is 0 Å². The number of carbonyl (C=O) groups excluding carboxylic acids is 1. The number of hydrogen-bond acceptors (Lipinski definition) is 5. The molecule has 0 saturated carbocycles. The summed E-state index contributed by atoms with van der Waals surface area (Å²) in [6.07, 6.45) is 7.76. The molecular formula is C32H42N4O3S. The fraction of sp³-hybridized carbons (Fsp3) is 0.500. The summed E-state index contributed by atoms with van der Waals surface area (Å²) in [5.41, 5.74) is 4.60. The van der Waals surface area contributed by atoms with E-state index in [0.717, 1.165) is 56.6 Å². The standard InChI is InChI=1S/C32H42N4O3S/c1-6-8-24-22-33-30(28-21-29-27(34(28)5)16-20-40-29)36(24)17-7-9-23-10-12-25(13-11-23)38-26-14-18-35(19-15-26)31(37)39-32(2,3)4/h10-13,16,20-22,26H,6-9,14-15,17-19H2,1-5H3. The Bertz CT molecular complexity index is 1420. The van der Waals surface area contributed by atoms with Crippen LogP contribution in [0.5, 0.6) is 5.75 Å². The maximum atomic E-state index is 12.3. The number of imidazole rings is 1. The molecule has 0 aliphatic carbocycles. The molecule has 40 heavy (non-hydrogen) atoms. The molecule has 0 N–H and O–H groups in total. The minimum Gasteiger partial charge on any atom is -0.490 e. The van der Waals surface area contributed by atoms with Crippen LogP contribution in [0.25, 0.3) is 21.7 Å². The van der Waals surface area contributed by atoms with Crippen LogP contribution in [0.15, 0.2) is 48.0 Å². The van der Waals surface area contributed by atoms with Crippen molar-refractivity contribution in [3.8, 4) is 17.3 Å². The van der Waals surface area contributed by atoms with Crippen molar-refractivity contribution < 1.29 is 14.3 Å². The minimum absolute atomic E-state index is 0.119. The number of rotatable bonds is 9. The van der Waals surface area contributed by atoms with E-state index in [-0.39, 0.29) is 12.2 Å². The lowest BCUT2D eigenvalue weighted by Crippen LogP contribution is -2.44. The number of piperidine rings is 1. The van der Waals surface area contributed by atoms with Crippen molar-refractivity contribution in [1.82, 2.24) is 19.0 Å². The van der Waals surface area contributed by atoms with Gasteiger partial charge in [0, 0.05) is 51.4 Å². The van der Waals surface area contributed by atoms with Gasteiger partial charge in [-0.1, -0.05) is 25.5 Å². The number of likely N-dealkylation sites (tertiary alicyclic amines) is 1. The lowest BCUT2D eigenvalue weighted by molar-refractivity contribution is 0.0126. The largest absolute Gasteiger partial charge is 0.490 e. The van der Waals surface area contributed by atoms with Crippen molar-refractivity contribution in [2.24, 2.45) is 7.05 Å². The first kappa shape index (κ1) is 28.3. The zero-order valence-electron chi connectivity index (χ0n) is 24.5. The molecule has 1 fully saturated rings. The van der Waals surface area contributed by atoms with Crippen LogP contribution < -0.4 is 4.74 Å². The molecule has 1 saturated heterocycles. The van der Waals surface area contributed by atoms with Gasteiger partial charge in [-0.05, 0) is 75.2 Å². The van der Waals surface area contributed by atoms with Crippen molar-refractivity contribution in [2.45, 2.75) is 84.5 Å². The Morgan fingerprint density at radius 1 is 1.10 bits per heavy atom. The third-order valence-electron chi connectivity index (χ3n) is 7.50. The fourth-order valence-electron chi connectivity index (χ4n) is 5.44. The summed E-state index contributed by atoms with van der Waals surface area (Å²) >= 11 is 1.78. The Morgan fingerprint density at radius 3 is 2.52 bits per heavy atom. The number of carbonyl (C=O) groups is 1. The summed E-state index contributed by atoms with van der Waals surface area (Å²) < 4.78 is 17.7. The molecule has 4 heterocycles. The highest BCUT2D eigenvalue weighted by Crippen LogP contribution is 2.31. The van der Waals surface area contributed by atoms with Crippen LogP contribution in [0.2, 0.25) is 0 Å². The van der Waals surface area contributed by atoms with E-state index < -0.39 is 5.60 Å². The van der Waals surface area contributed by atoms with Crippen molar-refractivity contribution in [2.75, 3.05) is 13.1 Å². The zero-order valence-corrected chi connectivity index (χ0v) is 25.3. The topological polar surface area (TPSA) is 61.5 Å². The number of nitrogens with zero attached hydrogens (tertiary/aromatic N) is 4. The second-order valence-electron chi connectivity index (χ2n) is 11.8. The van der Waals surface area contributed by atoms with Gasteiger partial charge in [0.15, 0.2) is 5.82 Å². The first-order valence-corrected chi connectivity index (χ1v) is 15.4. The van der Waals surface area contributed by atoms with Gasteiger partial charge in [0.05, 0.1) is 15.9 Å². The second kappa shape index (κ2) is 12.1. The van der Waals surface area contributed by atoms with E-state index in [1.165, 1.54) is 27.2 Å². The third-order valence-corrected chi connectivity index (χ3v) is 8.36. The predicted molar refractivity (Wildman–Crippen MR) is 162 cm³/mol. The molecule has 0 bridgehead atoms. The number of fused-ring (bicyclic) bond motifs is 1. The molecule has 3 aromatic heterocycles. The number of amides is 1. The highest BCUT2D eigenvalue weighted by atomic mass is 32.1. The van der Waals surface area contributed by atoms with Crippen LogP contribution in [-0.2, 0) is 31.2 Å². The van der Waals surface area contributed by atoms with Crippen LogP contribution in [-0.4, -0.2) is 49.9 Å². The molecule has 1 aliphatic heterocycles. The highest BCUT2D eigenvalue weighted by Gasteiger charge is 2.27. The average Bonchev–Trinajstić information content (AvgIpc) is 3.61. The Labute approximate surface area is 241 Å². The average molecular weight is 563 g/mol. The molecule has 8 heteroatoms. The van der Waals surface area contributed by atoms with Crippen LogP contribution in [0.4, 0.5) is 4.79 Å². The highest BCUT2D eigenvalue weighted by molar-refractivity contribution is 7.17. The van der Waals surface area contributed by atoms with E-state index in [2.05, 4.69) is 71.1 Å². The lowest BCUT2D eigenvalue weighted by Gasteiger charge is -2.33. The van der Waals surface area contributed by atoms with E-state index in [9.17, 15) is 4.79 Å². The molecule has 0 unspecified atom stereocenters. The van der Waals surface area contributed by atoms with Crippen molar-refractivity contribution in [3.05, 3.63) is 59.2 Å². The molecule has 4 aromatic rings. The zero-order chi connectivity index (χ0) is 28.3. The van der Waals surface area contributed by atoms with Crippen molar-refractivity contribution >= 4 is 27.6 Å². The van der Waals surface area contributed by atoms with Gasteiger partial charge >= 0.3 is 6.09 Å². The number of benzene rings is 1. The molecular weight excluding hydrogens is 520 g/mol. The second-order valence-corrected chi connectivity index (χ2v) is 12.7. The SMILES string of the molecule is CCCc1cnc(-c2cc3sccc3n2C)n1CCCc1ccc(OC2CCN(C(=O)OC(C)(C)C)CC2)cc1. The summed E-state index contributed by atoms with van der Waals surface area (Å²) in [4.78, 5) is 19.0. The van der Waals surface area contributed by atoms with Gasteiger partial charge < -0.3 is 23.5 Å². The van der Waals surface area contributed by atoms with Gasteiger partial charge in [-0.25, -0.2) is 9.78 Å². The first-order chi connectivity index (χ1) is 19.2. The maximum absolute atomic E-state index is 12.3. The van der Waals surface area contributed by atoms with Crippen LogP contribution in [0.3, 0.4) is 0 Å². The maximum Gasteiger partial charge on any atom is 0.410 e. The summed E-state index contributed by atoms with van der Waals surface area (Å²) in [6, 6.07) is 13.0. The van der Waals surface area contributed by atoms with Gasteiger partial charge in [-0.15, -0.1) is 11.3 Å². The van der Waals surface area contributed by atoms with Gasteiger partial charge in [-0.2, -0.15) is 0 Å². The number of thiophene rings is 1. The van der Waals surface area contributed by atoms with Crippen molar-refractivity contribution in [1.29, 1.82) is 0 Å². The summed E-state index contributed by atoms with van der Waals surface area (Å²) in [5, 5.41) is 2.15. The van der Waals surface area contributed by atoms with E-state index >= 15 is 0 Å². The smallest absolute Gasteiger partial charge is 0.410 e. The number of aromatic nitrogens is 3. The molecule has 0 spiro atoms. The number of hydrogen-bond donors (Lipinski definition) is 0. The van der Waals surface area contributed by atoms with Gasteiger partial charge in [0.1, 0.15) is 17.5 Å². The Morgan fingerprint density at radius 2 is 1.85 bits per heavy atom. The molecule has 1 aromatic carbocycles. The quantitative estimate of drug-likeness (QED) is 0.212. The molecule has 0 atom stereocenters. The van der Waals surface area contributed by atoms with E-state index in [0.29, 0.717) is 13.1 Å². The Balaban J connectivity index is 1.15. The van der Waals surface area contributed by atoms with Crippen LogP contribution in [0.1, 0.15) is 64.6 Å². The number of aryl methyl sites for hydroxylation is 3. The normalized spacial score (nSPS) is 14.7. The number of ether oxygens (including phenoxy) is 2. The first-order valence-electron chi connectivity index (χ1n) is 14.5. The van der Waals surface area contributed by atoms with Gasteiger partial charge in [-0.3, -0.25) is 0 Å². The van der Waals surface area contributed by atoms with Crippen LogP contribution in [0, 0.1) is 0 Å². The third kappa shape index (κ3) is 6.54. The van der Waals surface area contributed by atoms with E-state index in [1.807, 2.05) is 20.8 Å². The van der Waals surface area contributed by atoms with E-state index in [1.54, 1.807) is 16.2 Å². The van der Waals surface area contributed by atoms with Crippen LogP contribution >= 0.6 is 11.3 Å². The summed E-state index contributed by atoms with van der Waals surface area (Å²) in [5.74, 6) is 1.96.